The van der Waals surface area contributed by atoms with Crippen LogP contribution in [0.2, 0.25) is 0 Å². The summed E-state index contributed by atoms with van der Waals surface area (Å²) < 4.78 is 0. The third-order valence-electron chi connectivity index (χ3n) is 5.54. The first-order valence-electron chi connectivity index (χ1n) is 11.1. The lowest BCUT2D eigenvalue weighted by Gasteiger charge is -2.32. The van der Waals surface area contributed by atoms with Gasteiger partial charge in [0.05, 0.1) is 0 Å². The fourth-order valence-electron chi connectivity index (χ4n) is 3.67. The summed E-state index contributed by atoms with van der Waals surface area (Å²) in [5, 5.41) is 1.10. The summed E-state index contributed by atoms with van der Waals surface area (Å²) in [6, 6.07) is 0. The number of alkyl halides is 1. The topological polar surface area (TPSA) is 40.6 Å². The van der Waals surface area contributed by atoms with Crippen molar-refractivity contribution in [1.29, 1.82) is 0 Å². The average Bonchev–Trinajstić information content (AvgIpc) is 2.66. The predicted molar refractivity (Wildman–Crippen MR) is 119 cm³/mol. The van der Waals surface area contributed by atoms with Crippen LogP contribution in [0.5, 0.6) is 0 Å². The number of hydrogen-bond donors (Lipinski definition) is 0. The van der Waals surface area contributed by atoms with Gasteiger partial charge in [-0.3, -0.25) is 9.59 Å². The van der Waals surface area contributed by atoms with E-state index in [1.165, 1.54) is 38.5 Å². The second-order valence-corrected chi connectivity index (χ2v) is 8.22. The van der Waals surface area contributed by atoms with Crippen molar-refractivity contribution in [2.45, 2.75) is 86.0 Å². The smallest absolute Gasteiger partial charge is 0.235 e. The normalized spacial score (nSPS) is 12.3. The van der Waals surface area contributed by atoms with Crippen LogP contribution in [0.25, 0.3) is 0 Å². The number of unbranched alkanes of at least 4 members (excludes halogenated alkanes) is 6. The average molecular weight is 448 g/mol. The molecular weight excluding hydrogens is 404 g/mol. The van der Waals surface area contributed by atoms with E-state index in [9.17, 15) is 9.59 Å². The van der Waals surface area contributed by atoms with E-state index in [1.54, 1.807) is 0 Å². The molecule has 0 saturated heterocycles. The maximum atomic E-state index is 13.0. The lowest BCUT2D eigenvalue weighted by molar-refractivity contribution is -0.149. The molecule has 27 heavy (non-hydrogen) atoms. The van der Waals surface area contributed by atoms with Crippen LogP contribution in [-0.4, -0.2) is 53.1 Å². The van der Waals surface area contributed by atoms with Crippen molar-refractivity contribution in [2.24, 2.45) is 11.8 Å². The minimum Gasteiger partial charge on any atom is -0.343 e. The Kier molecular flexibility index (Phi) is 16.0. The molecule has 1 atom stereocenters. The van der Waals surface area contributed by atoms with E-state index in [-0.39, 0.29) is 17.7 Å². The number of hydrogen-bond acceptors (Lipinski definition) is 2. The van der Waals surface area contributed by atoms with Crippen LogP contribution in [0.4, 0.5) is 0 Å². The van der Waals surface area contributed by atoms with Gasteiger partial charge in [0.15, 0.2) is 0 Å². The monoisotopic (exact) mass is 446 g/mol. The second kappa shape index (κ2) is 16.4. The molecule has 0 heterocycles. The molecule has 0 fully saturated rings. The highest BCUT2D eigenvalue weighted by Gasteiger charge is 2.36. The van der Waals surface area contributed by atoms with Crippen LogP contribution in [0.1, 0.15) is 86.0 Å². The molecule has 0 rings (SSSR count). The van der Waals surface area contributed by atoms with Crippen LogP contribution in [0, 0.1) is 11.8 Å². The van der Waals surface area contributed by atoms with E-state index in [2.05, 4.69) is 22.9 Å². The first-order chi connectivity index (χ1) is 13.0. The van der Waals surface area contributed by atoms with Gasteiger partial charge in [-0.15, -0.1) is 0 Å². The van der Waals surface area contributed by atoms with Gasteiger partial charge in [0.2, 0.25) is 11.8 Å². The Bertz CT molecular complexity index is 372. The van der Waals surface area contributed by atoms with Gasteiger partial charge in [-0.1, -0.05) is 61.4 Å². The summed E-state index contributed by atoms with van der Waals surface area (Å²) in [7, 11) is 0. The maximum Gasteiger partial charge on any atom is 0.235 e. The predicted octanol–water partition coefficient (Wildman–Crippen LogP) is 5.49. The standard InChI is InChI=1S/C22H43BrN2O2/c1-6-24(7-2)21(26)20(22(27)25(8-3)9-4)19(5)17-15-13-11-10-12-14-16-18-23/h19-20H,6-18H2,1-5H3. The third kappa shape index (κ3) is 9.96. The first kappa shape index (κ1) is 26.4. The summed E-state index contributed by atoms with van der Waals surface area (Å²) in [6.07, 6.45) is 9.68. The summed E-state index contributed by atoms with van der Waals surface area (Å²) in [5.41, 5.74) is 0. The Balaban J connectivity index is 4.71. The molecule has 0 spiro atoms. The van der Waals surface area contributed by atoms with Crippen molar-refractivity contribution >= 4 is 27.7 Å². The van der Waals surface area contributed by atoms with Crippen LogP contribution >= 0.6 is 15.9 Å². The highest BCUT2D eigenvalue weighted by atomic mass is 79.9. The van der Waals surface area contributed by atoms with Crippen LogP contribution in [0.3, 0.4) is 0 Å². The Morgan fingerprint density at radius 1 is 0.704 bits per heavy atom. The maximum absolute atomic E-state index is 13.0. The van der Waals surface area contributed by atoms with Crippen molar-refractivity contribution in [2.75, 3.05) is 31.5 Å². The van der Waals surface area contributed by atoms with E-state index in [0.29, 0.717) is 26.2 Å². The van der Waals surface area contributed by atoms with Crippen molar-refractivity contribution in [3.8, 4) is 0 Å². The molecule has 160 valence electrons. The third-order valence-corrected chi connectivity index (χ3v) is 6.11. The van der Waals surface area contributed by atoms with Gasteiger partial charge in [0.25, 0.3) is 0 Å². The summed E-state index contributed by atoms with van der Waals surface area (Å²) in [4.78, 5) is 29.7. The second-order valence-electron chi connectivity index (χ2n) is 7.43. The highest BCUT2D eigenvalue weighted by molar-refractivity contribution is 9.09. The van der Waals surface area contributed by atoms with Crippen molar-refractivity contribution in [3.05, 3.63) is 0 Å². The van der Waals surface area contributed by atoms with Crippen LogP contribution < -0.4 is 0 Å². The van der Waals surface area contributed by atoms with E-state index in [0.717, 1.165) is 18.2 Å². The zero-order valence-corrected chi connectivity index (χ0v) is 20.0. The highest BCUT2D eigenvalue weighted by Crippen LogP contribution is 2.24. The Morgan fingerprint density at radius 2 is 1.07 bits per heavy atom. The molecule has 0 aromatic carbocycles. The minimum absolute atomic E-state index is 0.0131. The molecule has 0 N–H and O–H groups in total. The molecule has 0 aliphatic rings. The number of carbonyl (C=O) groups is 2. The molecule has 4 nitrogen and oxygen atoms in total. The lowest BCUT2D eigenvalue weighted by atomic mass is 9.86. The number of amides is 2. The molecule has 0 aromatic heterocycles. The fraction of sp³-hybridized carbons (Fsp3) is 0.909. The SMILES string of the molecule is CCN(CC)C(=O)C(C(=O)N(CC)CC)C(C)CCCCCCCCCBr. The van der Waals surface area contributed by atoms with E-state index >= 15 is 0 Å². The molecule has 0 radical (unpaired) electrons. The van der Waals surface area contributed by atoms with Gasteiger partial charge in [0.1, 0.15) is 5.92 Å². The van der Waals surface area contributed by atoms with Gasteiger partial charge in [-0.25, -0.2) is 0 Å². The molecule has 0 saturated carbocycles. The van der Waals surface area contributed by atoms with E-state index in [4.69, 9.17) is 0 Å². The van der Waals surface area contributed by atoms with Gasteiger partial charge in [0, 0.05) is 31.5 Å². The van der Waals surface area contributed by atoms with Crippen molar-refractivity contribution < 1.29 is 9.59 Å². The molecule has 1 unspecified atom stereocenters. The fourth-order valence-corrected chi connectivity index (χ4v) is 4.06. The molecule has 0 aliphatic heterocycles. The zero-order chi connectivity index (χ0) is 20.7. The molecule has 5 heteroatoms. The molecule has 0 aromatic rings. The minimum atomic E-state index is -0.524. The Morgan fingerprint density at radius 3 is 1.44 bits per heavy atom. The number of halogens is 1. The molecular formula is C22H43BrN2O2. The van der Waals surface area contributed by atoms with E-state index in [1.807, 2.05) is 37.5 Å². The van der Waals surface area contributed by atoms with Gasteiger partial charge in [-0.2, -0.15) is 0 Å². The Hall–Kier alpha value is -0.580. The zero-order valence-electron chi connectivity index (χ0n) is 18.4. The first-order valence-corrected chi connectivity index (χ1v) is 12.2. The summed E-state index contributed by atoms with van der Waals surface area (Å²) in [6.45, 7) is 12.7. The quantitative estimate of drug-likeness (QED) is 0.178. The van der Waals surface area contributed by atoms with Crippen LogP contribution in [0.15, 0.2) is 0 Å². The van der Waals surface area contributed by atoms with Gasteiger partial charge in [-0.05, 0) is 46.5 Å². The number of nitrogens with zero attached hydrogens (tertiary/aromatic N) is 2. The summed E-state index contributed by atoms with van der Waals surface area (Å²) >= 11 is 3.48. The van der Waals surface area contributed by atoms with Gasteiger partial charge >= 0.3 is 0 Å². The van der Waals surface area contributed by atoms with E-state index < -0.39 is 5.92 Å². The van der Waals surface area contributed by atoms with Crippen LogP contribution in [-0.2, 0) is 9.59 Å². The van der Waals surface area contributed by atoms with Crippen molar-refractivity contribution in [3.63, 3.8) is 0 Å². The Labute approximate surface area is 176 Å². The van der Waals surface area contributed by atoms with Gasteiger partial charge < -0.3 is 9.80 Å². The van der Waals surface area contributed by atoms with Crippen molar-refractivity contribution in [1.82, 2.24) is 9.80 Å². The molecule has 0 bridgehead atoms. The summed E-state index contributed by atoms with van der Waals surface area (Å²) in [5.74, 6) is -0.401. The number of carbonyl (C=O) groups excluding carboxylic acids is 2. The lowest BCUT2D eigenvalue weighted by Crippen LogP contribution is -2.47. The molecule has 0 aliphatic carbocycles. The molecule has 2 amide bonds. The number of rotatable bonds is 16. The largest absolute Gasteiger partial charge is 0.343 e.